The van der Waals surface area contributed by atoms with Crippen LogP contribution in [0, 0.1) is 18.3 Å². The number of amides is 2. The molecule has 1 N–H and O–H groups in total. The number of aryl methyl sites for hydroxylation is 1. The van der Waals surface area contributed by atoms with Gasteiger partial charge in [0.05, 0.1) is 24.7 Å². The topological polar surface area (TPSA) is 115 Å². The van der Waals surface area contributed by atoms with Crippen LogP contribution >= 0.6 is 0 Å². The molecule has 0 spiro atoms. The van der Waals surface area contributed by atoms with E-state index in [2.05, 4.69) is 31.2 Å². The summed E-state index contributed by atoms with van der Waals surface area (Å²) in [5.41, 5.74) is 2.77. The van der Waals surface area contributed by atoms with Crippen molar-refractivity contribution in [2.24, 2.45) is 0 Å². The number of nitrogens with zero attached hydrogens (tertiary/aromatic N) is 6. The number of nitrogens with one attached hydrogen (secondary N) is 1. The molecule has 9 nitrogen and oxygen atoms in total. The van der Waals surface area contributed by atoms with E-state index in [4.69, 9.17) is 0 Å². The standard InChI is InChI=1S/C26H27N7O2/c1-19-21(8-5-9-29-19)24(17-27)32-12-14-33(15-13-32)25(34)16-22(20-6-3-2-4-7-20)31-26(35)23-18-28-10-11-30-23/h2-11,18,22,24H,12-16H2,1H3,(H,31,35). The molecule has 1 fully saturated rings. The van der Waals surface area contributed by atoms with Gasteiger partial charge in [-0.25, -0.2) is 4.98 Å². The van der Waals surface area contributed by atoms with Crippen LogP contribution in [0.15, 0.2) is 67.3 Å². The molecule has 1 aliphatic heterocycles. The van der Waals surface area contributed by atoms with Crippen LogP contribution in [-0.4, -0.2) is 62.7 Å². The molecule has 178 valence electrons. The van der Waals surface area contributed by atoms with E-state index in [0.717, 1.165) is 16.8 Å². The summed E-state index contributed by atoms with van der Waals surface area (Å²) in [7, 11) is 0. The first kappa shape index (κ1) is 24.0. The second kappa shape index (κ2) is 11.3. The summed E-state index contributed by atoms with van der Waals surface area (Å²) in [5, 5.41) is 12.7. The molecule has 2 atom stereocenters. The highest BCUT2D eigenvalue weighted by molar-refractivity contribution is 5.92. The minimum absolute atomic E-state index is 0.0518. The quantitative estimate of drug-likeness (QED) is 0.565. The number of benzene rings is 1. The Balaban J connectivity index is 1.41. The molecule has 9 heteroatoms. The van der Waals surface area contributed by atoms with E-state index >= 15 is 0 Å². The molecular weight excluding hydrogens is 442 g/mol. The van der Waals surface area contributed by atoms with Crippen LogP contribution in [0.5, 0.6) is 0 Å². The molecule has 1 aromatic carbocycles. The van der Waals surface area contributed by atoms with E-state index in [1.54, 1.807) is 11.1 Å². The summed E-state index contributed by atoms with van der Waals surface area (Å²) >= 11 is 0. The lowest BCUT2D eigenvalue weighted by Crippen LogP contribution is -2.50. The van der Waals surface area contributed by atoms with Crippen LogP contribution < -0.4 is 5.32 Å². The summed E-state index contributed by atoms with van der Waals surface area (Å²) in [6.45, 7) is 4.09. The zero-order valence-corrected chi connectivity index (χ0v) is 19.5. The number of hydrogen-bond donors (Lipinski definition) is 1. The summed E-state index contributed by atoms with van der Waals surface area (Å²) in [6.07, 6.45) is 6.20. The molecule has 0 bridgehead atoms. The van der Waals surface area contributed by atoms with E-state index in [0.29, 0.717) is 26.2 Å². The predicted molar refractivity (Wildman–Crippen MR) is 129 cm³/mol. The molecule has 3 heterocycles. The Morgan fingerprint density at radius 3 is 2.46 bits per heavy atom. The van der Waals surface area contributed by atoms with Crippen LogP contribution in [0.4, 0.5) is 0 Å². The highest BCUT2D eigenvalue weighted by Gasteiger charge is 2.29. The van der Waals surface area contributed by atoms with Crippen molar-refractivity contribution >= 4 is 11.8 Å². The van der Waals surface area contributed by atoms with Crippen molar-refractivity contribution in [3.8, 4) is 6.07 Å². The molecule has 35 heavy (non-hydrogen) atoms. The lowest BCUT2D eigenvalue weighted by molar-refractivity contribution is -0.133. The summed E-state index contributed by atoms with van der Waals surface area (Å²) in [6, 6.07) is 14.7. The van der Waals surface area contributed by atoms with Crippen molar-refractivity contribution in [2.75, 3.05) is 26.2 Å². The molecular formula is C26H27N7O2. The first-order chi connectivity index (χ1) is 17.1. The first-order valence-corrected chi connectivity index (χ1v) is 11.5. The number of aromatic nitrogens is 3. The van der Waals surface area contributed by atoms with Crippen molar-refractivity contribution in [2.45, 2.75) is 25.4 Å². The number of hydrogen-bond acceptors (Lipinski definition) is 7. The van der Waals surface area contributed by atoms with Crippen LogP contribution in [-0.2, 0) is 4.79 Å². The monoisotopic (exact) mass is 469 g/mol. The van der Waals surface area contributed by atoms with Crippen LogP contribution in [0.25, 0.3) is 0 Å². The van der Waals surface area contributed by atoms with Gasteiger partial charge in [0, 0.05) is 56.0 Å². The van der Waals surface area contributed by atoms with Gasteiger partial charge in [-0.2, -0.15) is 5.26 Å². The minimum atomic E-state index is -0.499. The van der Waals surface area contributed by atoms with Gasteiger partial charge in [0.2, 0.25) is 5.91 Å². The Kier molecular flexibility index (Phi) is 7.75. The Morgan fingerprint density at radius 2 is 1.80 bits per heavy atom. The molecule has 1 saturated heterocycles. The Labute approximate surface area is 204 Å². The molecule has 4 rings (SSSR count). The zero-order chi connectivity index (χ0) is 24.6. The van der Waals surface area contributed by atoms with Crippen molar-refractivity contribution < 1.29 is 9.59 Å². The van der Waals surface area contributed by atoms with Crippen molar-refractivity contribution in [1.29, 1.82) is 5.26 Å². The highest BCUT2D eigenvalue weighted by atomic mass is 16.2. The SMILES string of the molecule is Cc1ncccc1C(C#N)N1CCN(C(=O)CC(NC(=O)c2cnccn2)c2ccccc2)CC1. The third-order valence-corrected chi connectivity index (χ3v) is 6.18. The summed E-state index contributed by atoms with van der Waals surface area (Å²) < 4.78 is 0. The number of piperazine rings is 1. The number of carbonyl (C=O) groups is 2. The Morgan fingerprint density at radius 1 is 1.03 bits per heavy atom. The lowest BCUT2D eigenvalue weighted by Gasteiger charge is -2.37. The highest BCUT2D eigenvalue weighted by Crippen LogP contribution is 2.24. The third kappa shape index (κ3) is 5.86. The molecule has 0 saturated carbocycles. The number of pyridine rings is 1. The second-order valence-electron chi connectivity index (χ2n) is 8.36. The molecule has 3 aromatic rings. The van der Waals surface area contributed by atoms with E-state index < -0.39 is 12.1 Å². The van der Waals surface area contributed by atoms with Crippen molar-refractivity contribution in [3.05, 3.63) is 89.8 Å². The second-order valence-corrected chi connectivity index (χ2v) is 8.36. The molecule has 2 amide bonds. The number of carbonyl (C=O) groups excluding carboxylic acids is 2. The maximum Gasteiger partial charge on any atom is 0.271 e. The van der Waals surface area contributed by atoms with Gasteiger partial charge in [-0.3, -0.25) is 24.5 Å². The van der Waals surface area contributed by atoms with Crippen LogP contribution in [0.3, 0.4) is 0 Å². The molecule has 0 aliphatic carbocycles. The van der Waals surface area contributed by atoms with E-state index in [1.165, 1.54) is 18.6 Å². The van der Waals surface area contributed by atoms with E-state index in [1.807, 2.05) is 49.4 Å². The van der Waals surface area contributed by atoms with Gasteiger partial charge in [-0.15, -0.1) is 0 Å². The third-order valence-electron chi connectivity index (χ3n) is 6.18. The maximum atomic E-state index is 13.2. The lowest BCUT2D eigenvalue weighted by atomic mass is 10.0. The average Bonchev–Trinajstić information content (AvgIpc) is 2.91. The molecule has 0 radical (unpaired) electrons. The average molecular weight is 470 g/mol. The summed E-state index contributed by atoms with van der Waals surface area (Å²) in [4.78, 5) is 42.1. The predicted octanol–water partition coefficient (Wildman–Crippen LogP) is 2.45. The maximum absolute atomic E-state index is 13.2. The first-order valence-electron chi connectivity index (χ1n) is 11.5. The normalized spacial score (nSPS) is 15.6. The molecule has 2 unspecified atom stereocenters. The fourth-order valence-corrected chi connectivity index (χ4v) is 4.25. The minimum Gasteiger partial charge on any atom is -0.343 e. The van der Waals surface area contributed by atoms with Crippen molar-refractivity contribution in [1.82, 2.24) is 30.1 Å². The van der Waals surface area contributed by atoms with Gasteiger partial charge < -0.3 is 10.2 Å². The summed E-state index contributed by atoms with van der Waals surface area (Å²) in [5.74, 6) is -0.433. The number of nitriles is 1. The van der Waals surface area contributed by atoms with Gasteiger partial charge in [0.15, 0.2) is 0 Å². The molecule has 1 aliphatic rings. The van der Waals surface area contributed by atoms with Gasteiger partial charge in [-0.05, 0) is 18.6 Å². The Hall–Kier alpha value is -4.16. The smallest absolute Gasteiger partial charge is 0.271 e. The van der Waals surface area contributed by atoms with Gasteiger partial charge in [0.1, 0.15) is 11.7 Å². The largest absolute Gasteiger partial charge is 0.343 e. The van der Waals surface area contributed by atoms with Crippen molar-refractivity contribution in [3.63, 3.8) is 0 Å². The Bertz CT molecular complexity index is 1190. The fraction of sp³-hybridized carbons (Fsp3) is 0.308. The van der Waals surface area contributed by atoms with E-state index in [-0.39, 0.29) is 23.9 Å². The molecule has 2 aromatic heterocycles. The number of rotatable bonds is 7. The zero-order valence-electron chi connectivity index (χ0n) is 19.5. The fourth-order valence-electron chi connectivity index (χ4n) is 4.25. The van der Waals surface area contributed by atoms with Crippen LogP contribution in [0.1, 0.15) is 45.8 Å². The van der Waals surface area contributed by atoms with Crippen LogP contribution in [0.2, 0.25) is 0 Å². The van der Waals surface area contributed by atoms with Gasteiger partial charge in [0.25, 0.3) is 5.91 Å². The van der Waals surface area contributed by atoms with Gasteiger partial charge >= 0.3 is 0 Å². The van der Waals surface area contributed by atoms with E-state index in [9.17, 15) is 14.9 Å². The van der Waals surface area contributed by atoms with Gasteiger partial charge in [-0.1, -0.05) is 36.4 Å².